The van der Waals surface area contributed by atoms with Gasteiger partial charge in [-0.1, -0.05) is 0 Å². The van der Waals surface area contributed by atoms with Crippen molar-refractivity contribution < 1.29 is 24.3 Å². The molecule has 0 aromatic heterocycles. The van der Waals surface area contributed by atoms with Gasteiger partial charge in [-0.25, -0.2) is 0 Å². The van der Waals surface area contributed by atoms with Crippen LogP contribution in [0, 0.1) is 0 Å². The van der Waals surface area contributed by atoms with Crippen molar-refractivity contribution in [3.63, 3.8) is 0 Å². The van der Waals surface area contributed by atoms with Crippen molar-refractivity contribution in [2.75, 3.05) is 46.8 Å². The van der Waals surface area contributed by atoms with Crippen LogP contribution in [0.25, 0.3) is 0 Å². The summed E-state index contributed by atoms with van der Waals surface area (Å²) in [7, 11) is 3.48. The summed E-state index contributed by atoms with van der Waals surface area (Å²) in [5.74, 6) is -1.28. The average molecular weight is 478 g/mol. The Labute approximate surface area is 199 Å². The summed E-state index contributed by atoms with van der Waals surface area (Å²) in [6, 6.07) is 0. The largest absolute Gasteiger partial charge is 0.390 e. The zero-order valence-electron chi connectivity index (χ0n) is 20.4. The van der Waals surface area contributed by atoms with E-state index in [0.717, 1.165) is 12.8 Å². The molecule has 12 nitrogen and oxygen atoms in total. The van der Waals surface area contributed by atoms with Gasteiger partial charge < -0.3 is 30.0 Å². The van der Waals surface area contributed by atoms with Crippen LogP contribution in [0.2, 0.25) is 0 Å². The number of carbonyl (C=O) groups excluding carboxylic acids is 4. The molecule has 2 unspecified atom stereocenters. The second kappa shape index (κ2) is 8.71. The van der Waals surface area contributed by atoms with E-state index in [1.807, 2.05) is 0 Å². The van der Waals surface area contributed by atoms with Crippen LogP contribution >= 0.6 is 0 Å². The second-order valence-corrected chi connectivity index (χ2v) is 10.1. The van der Waals surface area contributed by atoms with Crippen LogP contribution in [0.3, 0.4) is 0 Å². The predicted octanol–water partition coefficient (Wildman–Crippen LogP) is -1.79. The van der Waals surface area contributed by atoms with Gasteiger partial charge in [-0.2, -0.15) is 5.10 Å². The zero-order valence-corrected chi connectivity index (χ0v) is 20.4. The van der Waals surface area contributed by atoms with Gasteiger partial charge in [-0.05, 0) is 39.5 Å². The van der Waals surface area contributed by atoms with Crippen LogP contribution in [-0.4, -0.2) is 130 Å². The number of hydrogen-bond acceptors (Lipinski definition) is 8. The highest BCUT2D eigenvalue weighted by atomic mass is 16.3. The first kappa shape index (κ1) is 24.2. The Bertz CT molecular complexity index is 892. The quantitative estimate of drug-likeness (QED) is 0.433. The third kappa shape index (κ3) is 3.77. The smallest absolute Gasteiger partial charge is 0.268 e. The monoisotopic (exact) mass is 477 g/mol. The number of hydrogen-bond donors (Lipinski definition) is 2. The van der Waals surface area contributed by atoms with Crippen molar-refractivity contribution in [3.05, 3.63) is 0 Å². The Hall–Kier alpha value is -2.89. The minimum absolute atomic E-state index is 0.185. The Balaban J connectivity index is 1.39. The van der Waals surface area contributed by atoms with Gasteiger partial charge in [0.1, 0.15) is 17.4 Å². The summed E-state index contributed by atoms with van der Waals surface area (Å²) in [5.41, 5.74) is -2.40. The SMILES string of the molecule is C[C@@H](O)[C@@](C)(NC(=O)CN1CC2(CCCN2C(=O)C2N(C)C=NN2C)C1=O)C(=O)N1CCCC1. The molecule has 0 aromatic carbocycles. The van der Waals surface area contributed by atoms with Gasteiger partial charge in [-0.15, -0.1) is 0 Å². The maximum atomic E-state index is 13.3. The lowest BCUT2D eigenvalue weighted by Crippen LogP contribution is -2.75. The molecule has 3 fully saturated rings. The predicted molar refractivity (Wildman–Crippen MR) is 122 cm³/mol. The van der Waals surface area contributed by atoms with Crippen LogP contribution in [0.15, 0.2) is 5.10 Å². The maximum Gasteiger partial charge on any atom is 0.268 e. The molecule has 34 heavy (non-hydrogen) atoms. The number of likely N-dealkylation sites (tertiary alicyclic amines) is 3. The van der Waals surface area contributed by atoms with E-state index in [0.29, 0.717) is 32.5 Å². The molecule has 188 valence electrons. The number of amides is 4. The van der Waals surface area contributed by atoms with E-state index >= 15 is 0 Å². The number of rotatable bonds is 6. The van der Waals surface area contributed by atoms with E-state index in [2.05, 4.69) is 10.4 Å². The van der Waals surface area contributed by atoms with E-state index in [9.17, 15) is 24.3 Å². The van der Waals surface area contributed by atoms with Gasteiger partial charge in [0, 0.05) is 33.7 Å². The summed E-state index contributed by atoms with van der Waals surface area (Å²) in [6.07, 6.45) is 2.93. The number of β-lactam (4-membered cyclic amide) rings is 1. The van der Waals surface area contributed by atoms with Crippen LogP contribution < -0.4 is 5.32 Å². The Morgan fingerprint density at radius 2 is 1.91 bits per heavy atom. The lowest BCUT2D eigenvalue weighted by molar-refractivity contribution is -0.171. The fourth-order valence-corrected chi connectivity index (χ4v) is 5.49. The average Bonchev–Trinajstić information content (AvgIpc) is 3.53. The molecule has 4 amide bonds. The molecule has 4 rings (SSSR count). The summed E-state index contributed by atoms with van der Waals surface area (Å²) >= 11 is 0. The topological polar surface area (TPSA) is 129 Å². The fourth-order valence-electron chi connectivity index (χ4n) is 5.49. The molecule has 3 saturated heterocycles. The van der Waals surface area contributed by atoms with Crippen LogP contribution in [0.1, 0.15) is 39.5 Å². The van der Waals surface area contributed by atoms with Crippen LogP contribution in [0.4, 0.5) is 0 Å². The lowest BCUT2D eigenvalue weighted by Gasteiger charge is -2.51. The number of nitrogens with one attached hydrogen (secondary N) is 1. The molecule has 0 radical (unpaired) electrons. The van der Waals surface area contributed by atoms with E-state index in [1.165, 1.54) is 18.7 Å². The molecule has 1 spiro atoms. The van der Waals surface area contributed by atoms with Gasteiger partial charge in [-0.3, -0.25) is 24.2 Å². The van der Waals surface area contributed by atoms with Gasteiger partial charge in [0.05, 0.1) is 19.2 Å². The van der Waals surface area contributed by atoms with Gasteiger partial charge in [0.15, 0.2) is 6.17 Å². The third-order valence-corrected chi connectivity index (χ3v) is 7.68. The summed E-state index contributed by atoms with van der Waals surface area (Å²) in [5, 5.41) is 18.7. The van der Waals surface area contributed by atoms with E-state index < -0.39 is 29.3 Å². The van der Waals surface area contributed by atoms with Crippen molar-refractivity contribution in [1.29, 1.82) is 0 Å². The van der Waals surface area contributed by atoms with Crippen molar-refractivity contribution in [2.45, 2.75) is 62.9 Å². The van der Waals surface area contributed by atoms with Gasteiger partial charge >= 0.3 is 0 Å². The minimum atomic E-state index is -1.47. The first-order valence-electron chi connectivity index (χ1n) is 11.9. The van der Waals surface area contributed by atoms with Crippen molar-refractivity contribution in [3.8, 4) is 0 Å². The lowest BCUT2D eigenvalue weighted by atomic mass is 9.85. The molecule has 4 heterocycles. The maximum absolute atomic E-state index is 13.3. The molecule has 0 saturated carbocycles. The van der Waals surface area contributed by atoms with Crippen LogP contribution in [-0.2, 0) is 19.2 Å². The summed E-state index contributed by atoms with van der Waals surface area (Å²) in [4.78, 5) is 58.7. The number of aliphatic hydroxyl groups excluding tert-OH is 1. The Morgan fingerprint density at radius 3 is 2.47 bits per heavy atom. The number of hydrazone groups is 1. The van der Waals surface area contributed by atoms with Gasteiger partial charge in [0.2, 0.25) is 5.91 Å². The number of nitrogens with zero attached hydrogens (tertiary/aromatic N) is 6. The molecule has 4 aliphatic heterocycles. The Morgan fingerprint density at radius 1 is 1.24 bits per heavy atom. The molecule has 2 N–H and O–H groups in total. The molecular formula is C22H35N7O5. The highest BCUT2D eigenvalue weighted by Crippen LogP contribution is 2.39. The second-order valence-electron chi connectivity index (χ2n) is 10.1. The third-order valence-electron chi connectivity index (χ3n) is 7.68. The summed E-state index contributed by atoms with van der Waals surface area (Å²) < 4.78 is 0. The zero-order chi connectivity index (χ0) is 24.8. The number of likely N-dealkylation sites (N-methyl/N-ethyl adjacent to an activating group) is 2. The molecule has 0 aliphatic carbocycles. The molecule has 4 atom stereocenters. The van der Waals surface area contributed by atoms with Crippen LogP contribution in [0.5, 0.6) is 0 Å². The molecule has 4 aliphatic rings. The fraction of sp³-hybridized carbons (Fsp3) is 0.773. The van der Waals surface area contributed by atoms with Crippen molar-refractivity contribution in [2.24, 2.45) is 5.10 Å². The van der Waals surface area contributed by atoms with Crippen molar-refractivity contribution >= 4 is 30.0 Å². The normalized spacial score (nSPS) is 29.0. The first-order chi connectivity index (χ1) is 16.0. The highest BCUT2D eigenvalue weighted by Gasteiger charge is 2.61. The molecule has 0 aromatic rings. The number of carbonyl (C=O) groups is 4. The van der Waals surface area contributed by atoms with Crippen molar-refractivity contribution in [1.82, 2.24) is 29.9 Å². The van der Waals surface area contributed by atoms with E-state index in [4.69, 9.17) is 0 Å². The van der Waals surface area contributed by atoms with E-state index in [1.54, 1.807) is 40.1 Å². The minimum Gasteiger partial charge on any atom is -0.390 e. The molecular weight excluding hydrogens is 442 g/mol. The number of aliphatic hydroxyl groups is 1. The van der Waals surface area contributed by atoms with Gasteiger partial charge in [0.25, 0.3) is 17.7 Å². The molecule has 0 bridgehead atoms. The molecule has 12 heteroatoms. The first-order valence-corrected chi connectivity index (χ1v) is 11.9. The Kier molecular flexibility index (Phi) is 6.21. The summed E-state index contributed by atoms with van der Waals surface area (Å²) in [6.45, 7) is 4.70. The highest BCUT2D eigenvalue weighted by molar-refractivity contribution is 6.01. The van der Waals surface area contributed by atoms with E-state index in [-0.39, 0.29) is 30.8 Å². The standard InChI is InChI=1S/C22H35N7O5/c1-15(30)21(2,19(33)27-9-5-6-10-27)24-16(31)12-28-13-22(20(28)34)8-7-11-29(22)18(32)17-25(3)14-23-26(17)4/h14-15,17,30H,5-13H2,1-4H3,(H,24,31)/t15-,17?,21-,22?/m1/s1.